The van der Waals surface area contributed by atoms with Crippen LogP contribution in [0.25, 0.3) is 0 Å². The van der Waals surface area contributed by atoms with Crippen LogP contribution in [0.2, 0.25) is 0 Å². The van der Waals surface area contributed by atoms with Crippen molar-refractivity contribution >= 4 is 29.9 Å². The number of hydrogen-bond donors (Lipinski definition) is 2. The van der Waals surface area contributed by atoms with E-state index < -0.39 is 0 Å². The van der Waals surface area contributed by atoms with Gasteiger partial charge in [-0.25, -0.2) is 0 Å². The van der Waals surface area contributed by atoms with Gasteiger partial charge in [-0.3, -0.25) is 9.89 Å². The van der Waals surface area contributed by atoms with Gasteiger partial charge in [0.2, 0.25) is 0 Å². The Labute approximate surface area is 186 Å². The van der Waals surface area contributed by atoms with Crippen molar-refractivity contribution in [2.75, 3.05) is 45.9 Å². The number of halogens is 1. The van der Waals surface area contributed by atoms with Crippen molar-refractivity contribution in [3.05, 3.63) is 35.9 Å². The number of aliphatic imine (C=N–C) groups is 1. The number of benzene rings is 1. The summed E-state index contributed by atoms with van der Waals surface area (Å²) >= 11 is 0. The molecule has 0 amide bonds. The number of fused-ring (bicyclic) bond motifs is 1. The zero-order valence-corrected chi connectivity index (χ0v) is 19.6. The van der Waals surface area contributed by atoms with Gasteiger partial charge in [0.15, 0.2) is 5.96 Å². The van der Waals surface area contributed by atoms with Gasteiger partial charge in [0.05, 0.1) is 25.3 Å². The van der Waals surface area contributed by atoms with E-state index >= 15 is 0 Å². The SMILES string of the molecule is CCNC(=NCC(C)(C)CO)N1CC2OCCN(Cc3ccccc3)C2C1.I. The average molecular weight is 502 g/mol. The number of rotatable bonds is 6. The number of guanidine groups is 1. The Morgan fingerprint density at radius 3 is 2.71 bits per heavy atom. The van der Waals surface area contributed by atoms with Crippen LogP contribution in [0.5, 0.6) is 0 Å². The number of nitrogens with one attached hydrogen (secondary N) is 1. The normalized spacial score (nSPS) is 23.3. The lowest BCUT2D eigenvalue weighted by atomic mass is 9.95. The molecule has 2 aliphatic heterocycles. The Balaban J connectivity index is 0.00000280. The Morgan fingerprint density at radius 1 is 1.29 bits per heavy atom. The molecule has 0 aromatic heterocycles. The molecule has 158 valence electrons. The topological polar surface area (TPSA) is 60.3 Å². The lowest BCUT2D eigenvalue weighted by molar-refractivity contribution is -0.0502. The first-order chi connectivity index (χ1) is 13.0. The first kappa shape index (κ1) is 23.4. The molecule has 0 spiro atoms. The van der Waals surface area contributed by atoms with E-state index in [0.29, 0.717) is 12.6 Å². The Bertz CT molecular complexity index is 626. The van der Waals surface area contributed by atoms with Crippen LogP contribution >= 0.6 is 24.0 Å². The van der Waals surface area contributed by atoms with Crippen molar-refractivity contribution in [1.82, 2.24) is 15.1 Å². The van der Waals surface area contributed by atoms with E-state index in [1.54, 1.807) is 0 Å². The third kappa shape index (κ3) is 6.05. The summed E-state index contributed by atoms with van der Waals surface area (Å²) < 4.78 is 6.09. The summed E-state index contributed by atoms with van der Waals surface area (Å²) in [4.78, 5) is 9.66. The fourth-order valence-corrected chi connectivity index (χ4v) is 3.71. The summed E-state index contributed by atoms with van der Waals surface area (Å²) in [7, 11) is 0. The van der Waals surface area contributed by atoms with Crippen molar-refractivity contribution in [2.24, 2.45) is 10.4 Å². The minimum atomic E-state index is -0.205. The molecule has 28 heavy (non-hydrogen) atoms. The van der Waals surface area contributed by atoms with Gasteiger partial charge in [0.1, 0.15) is 0 Å². The highest BCUT2D eigenvalue weighted by Gasteiger charge is 2.41. The molecule has 2 saturated heterocycles. The zero-order valence-electron chi connectivity index (χ0n) is 17.3. The molecule has 0 saturated carbocycles. The third-order valence-electron chi connectivity index (χ3n) is 5.36. The minimum absolute atomic E-state index is 0. The van der Waals surface area contributed by atoms with Gasteiger partial charge >= 0.3 is 0 Å². The molecule has 2 heterocycles. The number of nitrogens with zero attached hydrogens (tertiary/aromatic N) is 3. The molecule has 6 nitrogen and oxygen atoms in total. The molecule has 2 N–H and O–H groups in total. The first-order valence-electron chi connectivity index (χ1n) is 10.1. The van der Waals surface area contributed by atoms with Gasteiger partial charge in [-0.1, -0.05) is 44.2 Å². The van der Waals surface area contributed by atoms with Gasteiger partial charge in [0.25, 0.3) is 0 Å². The maximum atomic E-state index is 9.52. The fourth-order valence-electron chi connectivity index (χ4n) is 3.71. The van der Waals surface area contributed by atoms with E-state index in [0.717, 1.165) is 45.3 Å². The maximum absolute atomic E-state index is 9.52. The molecule has 1 aromatic rings. The van der Waals surface area contributed by atoms with Gasteiger partial charge < -0.3 is 20.1 Å². The largest absolute Gasteiger partial charge is 0.396 e. The molecule has 0 radical (unpaired) electrons. The first-order valence-corrected chi connectivity index (χ1v) is 10.1. The van der Waals surface area contributed by atoms with Crippen LogP contribution in [0.4, 0.5) is 0 Å². The lowest BCUT2D eigenvalue weighted by Gasteiger charge is -2.36. The molecule has 3 rings (SSSR count). The van der Waals surface area contributed by atoms with Crippen molar-refractivity contribution in [3.63, 3.8) is 0 Å². The molecular weight excluding hydrogens is 467 g/mol. The van der Waals surface area contributed by atoms with E-state index in [9.17, 15) is 5.11 Å². The molecule has 2 aliphatic rings. The van der Waals surface area contributed by atoms with Crippen molar-refractivity contribution in [2.45, 2.75) is 39.5 Å². The average Bonchev–Trinajstić information content (AvgIpc) is 3.11. The molecule has 0 aliphatic carbocycles. The standard InChI is InChI=1S/C21H34N4O2.HI/c1-4-22-20(23-15-21(2,3)16-26)25-13-18-19(14-25)27-11-10-24(18)12-17-8-6-5-7-9-17;/h5-9,18-19,26H,4,10-16H2,1-3H3,(H,22,23);1H. The van der Waals surface area contributed by atoms with Crippen LogP contribution in [0, 0.1) is 5.41 Å². The second-order valence-corrected chi connectivity index (χ2v) is 8.33. The second kappa shape index (κ2) is 10.8. The third-order valence-corrected chi connectivity index (χ3v) is 5.36. The lowest BCUT2D eigenvalue weighted by Crippen LogP contribution is -2.50. The monoisotopic (exact) mass is 502 g/mol. The minimum Gasteiger partial charge on any atom is -0.396 e. The summed E-state index contributed by atoms with van der Waals surface area (Å²) in [6.45, 7) is 12.2. The summed E-state index contributed by atoms with van der Waals surface area (Å²) in [6.07, 6.45) is 0.220. The molecule has 0 bridgehead atoms. The van der Waals surface area contributed by atoms with E-state index in [1.165, 1.54) is 5.56 Å². The molecular formula is C21H35IN4O2. The van der Waals surface area contributed by atoms with Crippen molar-refractivity contribution in [3.8, 4) is 0 Å². The number of likely N-dealkylation sites (tertiary alicyclic amines) is 1. The van der Waals surface area contributed by atoms with E-state index in [-0.39, 0.29) is 42.1 Å². The maximum Gasteiger partial charge on any atom is 0.194 e. The molecule has 1 aromatic carbocycles. The van der Waals surface area contributed by atoms with Crippen LogP contribution in [0.1, 0.15) is 26.3 Å². The van der Waals surface area contributed by atoms with Crippen molar-refractivity contribution < 1.29 is 9.84 Å². The number of hydrogen-bond acceptors (Lipinski definition) is 4. The van der Waals surface area contributed by atoms with Gasteiger partial charge in [-0.2, -0.15) is 0 Å². The zero-order chi connectivity index (χ0) is 19.3. The van der Waals surface area contributed by atoms with Crippen molar-refractivity contribution in [1.29, 1.82) is 0 Å². The predicted molar refractivity (Wildman–Crippen MR) is 124 cm³/mol. The summed E-state index contributed by atoms with van der Waals surface area (Å²) in [5.74, 6) is 0.927. The predicted octanol–water partition coefficient (Wildman–Crippen LogP) is 2.17. The van der Waals surface area contributed by atoms with Crippen LogP contribution < -0.4 is 5.32 Å². The van der Waals surface area contributed by atoms with E-state index in [4.69, 9.17) is 9.73 Å². The number of aliphatic hydroxyl groups excluding tert-OH is 1. The fraction of sp³-hybridized carbons (Fsp3) is 0.667. The smallest absolute Gasteiger partial charge is 0.194 e. The number of ether oxygens (including phenoxy) is 1. The van der Waals surface area contributed by atoms with E-state index in [2.05, 4.69) is 52.4 Å². The molecule has 2 atom stereocenters. The number of morpholine rings is 1. The highest BCUT2D eigenvalue weighted by atomic mass is 127. The van der Waals surface area contributed by atoms with Gasteiger partial charge in [-0.15, -0.1) is 24.0 Å². The quantitative estimate of drug-likeness (QED) is 0.355. The van der Waals surface area contributed by atoms with Crippen LogP contribution in [-0.2, 0) is 11.3 Å². The molecule has 2 fully saturated rings. The summed E-state index contributed by atoms with van der Waals surface area (Å²) in [5, 5.41) is 12.9. The molecule has 7 heteroatoms. The molecule has 2 unspecified atom stereocenters. The highest BCUT2D eigenvalue weighted by Crippen LogP contribution is 2.25. The van der Waals surface area contributed by atoms with Gasteiger partial charge in [-0.05, 0) is 12.5 Å². The van der Waals surface area contributed by atoms with E-state index in [1.807, 2.05) is 13.8 Å². The highest BCUT2D eigenvalue weighted by molar-refractivity contribution is 14.0. The van der Waals surface area contributed by atoms with Crippen LogP contribution in [0.15, 0.2) is 35.3 Å². The Morgan fingerprint density at radius 2 is 2.04 bits per heavy atom. The summed E-state index contributed by atoms with van der Waals surface area (Å²) in [5.41, 5.74) is 1.14. The summed E-state index contributed by atoms with van der Waals surface area (Å²) in [6, 6.07) is 11.0. The number of aliphatic hydroxyl groups is 1. The van der Waals surface area contributed by atoms with Crippen LogP contribution in [0.3, 0.4) is 0 Å². The Kier molecular flexibility index (Phi) is 8.98. The van der Waals surface area contributed by atoms with Crippen LogP contribution in [-0.4, -0.2) is 78.9 Å². The Hall–Kier alpha value is -0.900. The second-order valence-electron chi connectivity index (χ2n) is 8.33. The van der Waals surface area contributed by atoms with Gasteiger partial charge in [0, 0.05) is 44.7 Å².